The lowest BCUT2D eigenvalue weighted by Gasteiger charge is -2.29. The van der Waals surface area contributed by atoms with Crippen LogP contribution in [0.4, 0.5) is 0 Å². The molecule has 0 amide bonds. The number of rotatable bonds is 1. The van der Waals surface area contributed by atoms with Gasteiger partial charge in [-0.05, 0) is 38.3 Å². The largest absolute Gasteiger partial charge is 0.306 e. The van der Waals surface area contributed by atoms with E-state index < -0.39 is 0 Å². The van der Waals surface area contributed by atoms with Gasteiger partial charge < -0.3 is 4.90 Å². The second-order valence-corrected chi connectivity index (χ2v) is 4.62. The van der Waals surface area contributed by atoms with Crippen LogP contribution in [0.2, 0.25) is 0 Å². The quantitative estimate of drug-likeness (QED) is 0.583. The molecule has 1 fully saturated rings. The fourth-order valence-corrected chi connectivity index (χ4v) is 2.09. The molecule has 0 radical (unpaired) electrons. The highest BCUT2D eigenvalue weighted by Gasteiger charge is 2.16. The van der Waals surface area contributed by atoms with Crippen molar-refractivity contribution in [2.24, 2.45) is 11.8 Å². The van der Waals surface area contributed by atoms with Crippen molar-refractivity contribution >= 4 is 0 Å². The number of hydrogen-bond acceptors (Lipinski definition) is 1. The Morgan fingerprint density at radius 2 is 1.92 bits per heavy atom. The van der Waals surface area contributed by atoms with Crippen LogP contribution in [0.3, 0.4) is 0 Å². The standard InChI is InChI=1S/C11H23N/c1-10(2)11-7-5-4-6-8-12(3)9-11/h10-11H,4-9H2,1-3H3/t11-/m1/s1. The molecule has 1 aliphatic rings. The van der Waals surface area contributed by atoms with Crippen LogP contribution in [0.1, 0.15) is 39.5 Å². The van der Waals surface area contributed by atoms with Gasteiger partial charge in [0.05, 0.1) is 0 Å². The predicted octanol–water partition coefficient (Wildman–Crippen LogP) is 2.76. The average Bonchev–Trinajstić information content (AvgIpc) is 1.95. The van der Waals surface area contributed by atoms with Crippen LogP contribution in [0, 0.1) is 11.8 Å². The van der Waals surface area contributed by atoms with Gasteiger partial charge in [0.15, 0.2) is 0 Å². The summed E-state index contributed by atoms with van der Waals surface area (Å²) in [5, 5.41) is 0. The molecule has 1 heterocycles. The predicted molar refractivity (Wildman–Crippen MR) is 54.3 cm³/mol. The van der Waals surface area contributed by atoms with E-state index in [0.717, 1.165) is 11.8 Å². The molecule has 1 atom stereocenters. The molecule has 0 bridgehead atoms. The molecule has 1 saturated heterocycles. The first-order valence-electron chi connectivity index (χ1n) is 5.38. The maximum atomic E-state index is 2.50. The summed E-state index contributed by atoms with van der Waals surface area (Å²) < 4.78 is 0. The van der Waals surface area contributed by atoms with Gasteiger partial charge in [0.25, 0.3) is 0 Å². The Morgan fingerprint density at radius 3 is 2.58 bits per heavy atom. The molecule has 0 aromatic heterocycles. The first-order chi connectivity index (χ1) is 5.70. The monoisotopic (exact) mass is 169 g/mol. The number of hydrogen-bond donors (Lipinski definition) is 0. The van der Waals surface area contributed by atoms with Gasteiger partial charge in [0.1, 0.15) is 0 Å². The second-order valence-electron chi connectivity index (χ2n) is 4.62. The van der Waals surface area contributed by atoms with Crippen LogP contribution in [0.5, 0.6) is 0 Å². The van der Waals surface area contributed by atoms with E-state index in [9.17, 15) is 0 Å². The third-order valence-electron chi connectivity index (χ3n) is 3.10. The fraction of sp³-hybridized carbons (Fsp3) is 1.00. The van der Waals surface area contributed by atoms with Gasteiger partial charge in [-0.1, -0.05) is 26.7 Å². The zero-order valence-corrected chi connectivity index (χ0v) is 8.84. The van der Waals surface area contributed by atoms with Crippen LogP contribution in [0.25, 0.3) is 0 Å². The minimum Gasteiger partial charge on any atom is -0.306 e. The SMILES string of the molecule is CC(C)[C@@H]1CCCCCN(C)C1. The molecule has 1 aliphatic heterocycles. The fourth-order valence-electron chi connectivity index (χ4n) is 2.09. The minimum atomic E-state index is 0.866. The molecule has 72 valence electrons. The van der Waals surface area contributed by atoms with E-state index in [1.54, 1.807) is 0 Å². The summed E-state index contributed by atoms with van der Waals surface area (Å²) in [4.78, 5) is 2.50. The van der Waals surface area contributed by atoms with Crippen molar-refractivity contribution in [2.45, 2.75) is 39.5 Å². The molecule has 1 heteroatoms. The van der Waals surface area contributed by atoms with Crippen molar-refractivity contribution in [1.29, 1.82) is 0 Å². The summed E-state index contributed by atoms with van der Waals surface area (Å²) in [6.45, 7) is 7.35. The highest BCUT2D eigenvalue weighted by molar-refractivity contribution is 4.70. The summed E-state index contributed by atoms with van der Waals surface area (Å²) in [6, 6.07) is 0. The summed E-state index contributed by atoms with van der Waals surface area (Å²) in [5.41, 5.74) is 0. The molecular formula is C11H23N. The summed E-state index contributed by atoms with van der Waals surface area (Å²) in [7, 11) is 2.26. The first-order valence-corrected chi connectivity index (χ1v) is 5.38. The normalized spacial score (nSPS) is 28.5. The third kappa shape index (κ3) is 3.14. The molecule has 12 heavy (non-hydrogen) atoms. The van der Waals surface area contributed by atoms with Gasteiger partial charge >= 0.3 is 0 Å². The Morgan fingerprint density at radius 1 is 1.17 bits per heavy atom. The van der Waals surface area contributed by atoms with Gasteiger partial charge in [0, 0.05) is 6.54 Å². The van der Waals surface area contributed by atoms with Crippen LogP contribution in [-0.2, 0) is 0 Å². The second kappa shape index (κ2) is 4.86. The van der Waals surface area contributed by atoms with Crippen LogP contribution < -0.4 is 0 Å². The lowest BCUT2D eigenvalue weighted by molar-refractivity contribution is 0.201. The van der Waals surface area contributed by atoms with E-state index in [0.29, 0.717) is 0 Å². The van der Waals surface area contributed by atoms with Crippen LogP contribution in [0.15, 0.2) is 0 Å². The third-order valence-corrected chi connectivity index (χ3v) is 3.10. The van der Waals surface area contributed by atoms with E-state index in [1.807, 2.05) is 0 Å². The topological polar surface area (TPSA) is 3.24 Å². The maximum Gasteiger partial charge on any atom is 0.000905 e. The Hall–Kier alpha value is -0.0400. The van der Waals surface area contributed by atoms with Gasteiger partial charge in [-0.2, -0.15) is 0 Å². The maximum absolute atomic E-state index is 2.50. The van der Waals surface area contributed by atoms with Gasteiger partial charge in [-0.3, -0.25) is 0 Å². The molecule has 1 nitrogen and oxygen atoms in total. The highest BCUT2D eigenvalue weighted by atomic mass is 15.1. The number of likely N-dealkylation sites (tertiary alicyclic amines) is 1. The molecule has 0 saturated carbocycles. The van der Waals surface area contributed by atoms with Crippen LogP contribution >= 0.6 is 0 Å². The van der Waals surface area contributed by atoms with Crippen molar-refractivity contribution in [3.05, 3.63) is 0 Å². The molecule has 1 rings (SSSR count). The zero-order chi connectivity index (χ0) is 8.97. The van der Waals surface area contributed by atoms with Gasteiger partial charge in [0.2, 0.25) is 0 Å². The summed E-state index contributed by atoms with van der Waals surface area (Å²) in [5.74, 6) is 1.81. The van der Waals surface area contributed by atoms with Crippen molar-refractivity contribution < 1.29 is 0 Å². The van der Waals surface area contributed by atoms with Gasteiger partial charge in [-0.15, -0.1) is 0 Å². The molecule has 0 aliphatic carbocycles. The Balaban J connectivity index is 2.38. The van der Waals surface area contributed by atoms with Crippen molar-refractivity contribution in [1.82, 2.24) is 4.90 Å². The summed E-state index contributed by atoms with van der Waals surface area (Å²) in [6.07, 6.45) is 5.74. The zero-order valence-electron chi connectivity index (χ0n) is 8.84. The lowest BCUT2D eigenvalue weighted by Crippen LogP contribution is -2.30. The van der Waals surface area contributed by atoms with Gasteiger partial charge in [-0.25, -0.2) is 0 Å². The molecular weight excluding hydrogens is 146 g/mol. The van der Waals surface area contributed by atoms with Crippen LogP contribution in [-0.4, -0.2) is 25.0 Å². The lowest BCUT2D eigenvalue weighted by atomic mass is 9.88. The minimum absolute atomic E-state index is 0.866. The van der Waals surface area contributed by atoms with E-state index in [1.165, 1.54) is 38.8 Å². The van der Waals surface area contributed by atoms with E-state index in [-0.39, 0.29) is 0 Å². The Kier molecular flexibility index (Phi) is 4.07. The van der Waals surface area contributed by atoms with Crippen molar-refractivity contribution in [2.75, 3.05) is 20.1 Å². The van der Waals surface area contributed by atoms with Crippen molar-refractivity contribution in [3.63, 3.8) is 0 Å². The molecule has 0 N–H and O–H groups in total. The number of nitrogens with zero attached hydrogens (tertiary/aromatic N) is 1. The average molecular weight is 169 g/mol. The first kappa shape index (κ1) is 10.0. The van der Waals surface area contributed by atoms with E-state index >= 15 is 0 Å². The highest BCUT2D eigenvalue weighted by Crippen LogP contribution is 2.21. The van der Waals surface area contributed by atoms with Crippen molar-refractivity contribution in [3.8, 4) is 0 Å². The molecule has 0 spiro atoms. The Bertz CT molecular complexity index is 120. The summed E-state index contributed by atoms with van der Waals surface area (Å²) >= 11 is 0. The molecule has 0 aromatic carbocycles. The smallest absolute Gasteiger partial charge is 0.000905 e. The molecule has 0 unspecified atom stereocenters. The molecule has 0 aromatic rings. The Labute approximate surface area is 77.1 Å². The van der Waals surface area contributed by atoms with E-state index in [2.05, 4.69) is 25.8 Å². The van der Waals surface area contributed by atoms with E-state index in [4.69, 9.17) is 0 Å².